The molecule has 0 fully saturated rings. The van der Waals surface area contributed by atoms with Crippen LogP contribution >= 0.6 is 15.9 Å². The number of methoxy groups -OCH3 is 1. The summed E-state index contributed by atoms with van der Waals surface area (Å²) in [7, 11) is 1.35. The number of halogens is 1. The first kappa shape index (κ1) is 15.8. The highest BCUT2D eigenvalue weighted by molar-refractivity contribution is 9.10. The van der Waals surface area contributed by atoms with Gasteiger partial charge in [0.15, 0.2) is 5.69 Å². The fourth-order valence-corrected chi connectivity index (χ4v) is 2.67. The van der Waals surface area contributed by atoms with Gasteiger partial charge in [-0.2, -0.15) is 0 Å². The topological polar surface area (TPSA) is 48.4 Å². The number of hydrogen-bond donors (Lipinski definition) is 0. The average molecular weight is 352 g/mol. The second-order valence-electron chi connectivity index (χ2n) is 4.98. The molecule has 0 spiro atoms. The minimum atomic E-state index is -0.463. The fourth-order valence-electron chi connectivity index (χ4n) is 2.16. The van der Waals surface area contributed by atoms with Gasteiger partial charge in [0.25, 0.3) is 0 Å². The number of carbonyl (C=O) groups excluding carboxylic acids is 1. The molecule has 112 valence electrons. The number of aryl methyl sites for hydroxylation is 1. The van der Waals surface area contributed by atoms with Crippen LogP contribution in [-0.2, 0) is 11.2 Å². The number of pyridine rings is 1. The normalized spacial score (nSPS) is 11.0. The van der Waals surface area contributed by atoms with Gasteiger partial charge in [0.05, 0.1) is 18.7 Å². The van der Waals surface area contributed by atoms with E-state index in [1.54, 1.807) is 6.07 Å². The molecule has 0 amide bonds. The van der Waals surface area contributed by atoms with Crippen LogP contribution in [0.1, 0.15) is 36.8 Å². The molecule has 0 saturated heterocycles. The summed E-state index contributed by atoms with van der Waals surface area (Å²) in [6.07, 6.45) is 0.819. The van der Waals surface area contributed by atoms with Gasteiger partial charge in [0.1, 0.15) is 5.75 Å². The summed E-state index contributed by atoms with van der Waals surface area (Å²) in [6.45, 7) is 5.95. The third kappa shape index (κ3) is 3.35. The summed E-state index contributed by atoms with van der Waals surface area (Å²) in [6, 6.07) is 5.61. The predicted octanol–water partition coefficient (Wildman–Crippen LogP) is 4.13. The van der Waals surface area contributed by atoms with Crippen LogP contribution in [0.3, 0.4) is 0 Å². The van der Waals surface area contributed by atoms with Gasteiger partial charge >= 0.3 is 5.97 Å². The monoisotopic (exact) mass is 351 g/mol. The number of nitrogens with zero attached hydrogens (tertiary/aromatic N) is 1. The van der Waals surface area contributed by atoms with Crippen molar-refractivity contribution < 1.29 is 14.3 Å². The van der Waals surface area contributed by atoms with Crippen LogP contribution in [0, 0.1) is 0 Å². The average Bonchev–Trinajstić information content (AvgIpc) is 2.45. The summed E-state index contributed by atoms with van der Waals surface area (Å²) in [5, 5.41) is 0.891. The van der Waals surface area contributed by atoms with Crippen molar-refractivity contribution in [3.63, 3.8) is 0 Å². The van der Waals surface area contributed by atoms with Crippen molar-refractivity contribution in [3.05, 3.63) is 33.9 Å². The number of benzene rings is 1. The molecule has 0 aliphatic carbocycles. The molecular weight excluding hydrogens is 334 g/mol. The third-order valence-electron chi connectivity index (χ3n) is 3.06. The highest BCUT2D eigenvalue weighted by Crippen LogP contribution is 2.32. The number of hydrogen-bond acceptors (Lipinski definition) is 4. The lowest BCUT2D eigenvalue weighted by atomic mass is 10.1. The number of rotatable bonds is 4. The highest BCUT2D eigenvalue weighted by atomic mass is 79.9. The van der Waals surface area contributed by atoms with E-state index in [4.69, 9.17) is 9.47 Å². The summed E-state index contributed by atoms with van der Waals surface area (Å²) in [5.74, 6) is 0.182. The summed E-state index contributed by atoms with van der Waals surface area (Å²) in [5.41, 5.74) is 2.09. The van der Waals surface area contributed by atoms with Crippen LogP contribution in [-0.4, -0.2) is 24.2 Å². The zero-order valence-corrected chi connectivity index (χ0v) is 14.2. The van der Waals surface area contributed by atoms with E-state index in [1.807, 2.05) is 26.0 Å². The van der Waals surface area contributed by atoms with Crippen molar-refractivity contribution in [2.24, 2.45) is 0 Å². The van der Waals surface area contributed by atoms with Gasteiger partial charge in [-0.05, 0) is 38.0 Å². The van der Waals surface area contributed by atoms with Crippen LogP contribution in [0.5, 0.6) is 5.75 Å². The van der Waals surface area contributed by atoms with E-state index >= 15 is 0 Å². The molecule has 0 radical (unpaired) electrons. The Morgan fingerprint density at radius 2 is 2.05 bits per heavy atom. The molecule has 1 heterocycles. The van der Waals surface area contributed by atoms with Crippen molar-refractivity contribution in [1.82, 2.24) is 4.98 Å². The summed E-state index contributed by atoms with van der Waals surface area (Å²) >= 11 is 3.51. The largest absolute Gasteiger partial charge is 0.490 e. The maximum Gasteiger partial charge on any atom is 0.356 e. The second kappa shape index (κ2) is 6.43. The first-order chi connectivity index (χ1) is 9.96. The number of esters is 1. The maximum absolute atomic E-state index is 11.8. The van der Waals surface area contributed by atoms with Gasteiger partial charge < -0.3 is 9.47 Å². The van der Waals surface area contributed by atoms with Crippen LogP contribution in [0.15, 0.2) is 22.7 Å². The zero-order chi connectivity index (χ0) is 15.6. The third-order valence-corrected chi connectivity index (χ3v) is 3.52. The van der Waals surface area contributed by atoms with E-state index < -0.39 is 5.97 Å². The number of fused-ring (bicyclic) bond motifs is 1. The Labute approximate surface area is 132 Å². The van der Waals surface area contributed by atoms with Crippen LogP contribution in [0.25, 0.3) is 10.9 Å². The molecule has 0 aliphatic heterocycles. The Hall–Kier alpha value is -1.62. The van der Waals surface area contributed by atoms with Gasteiger partial charge in [-0.15, -0.1) is 0 Å². The number of ether oxygens (including phenoxy) is 2. The first-order valence-electron chi connectivity index (χ1n) is 6.84. The second-order valence-corrected chi connectivity index (χ2v) is 5.89. The van der Waals surface area contributed by atoms with Crippen molar-refractivity contribution in [1.29, 1.82) is 0 Å². The molecule has 5 heteroatoms. The molecule has 0 aliphatic rings. The SMILES string of the molecule is CCc1cc(Br)cc2c(OC(C)C)cc(C(=O)OC)nc12. The molecule has 0 N–H and O–H groups in total. The molecule has 0 atom stereocenters. The van der Waals surface area contributed by atoms with E-state index in [-0.39, 0.29) is 11.8 Å². The predicted molar refractivity (Wildman–Crippen MR) is 85.9 cm³/mol. The Balaban J connectivity index is 2.77. The lowest BCUT2D eigenvalue weighted by Gasteiger charge is -2.15. The van der Waals surface area contributed by atoms with Gasteiger partial charge in [0, 0.05) is 15.9 Å². The van der Waals surface area contributed by atoms with E-state index in [0.29, 0.717) is 5.75 Å². The van der Waals surface area contributed by atoms with E-state index in [2.05, 4.69) is 27.8 Å². The quantitative estimate of drug-likeness (QED) is 0.777. The van der Waals surface area contributed by atoms with Crippen molar-refractivity contribution in [2.45, 2.75) is 33.3 Å². The Morgan fingerprint density at radius 1 is 1.33 bits per heavy atom. The van der Waals surface area contributed by atoms with Gasteiger partial charge in [-0.1, -0.05) is 22.9 Å². The van der Waals surface area contributed by atoms with Crippen molar-refractivity contribution in [2.75, 3.05) is 7.11 Å². The number of aromatic nitrogens is 1. The van der Waals surface area contributed by atoms with E-state index in [1.165, 1.54) is 7.11 Å². The summed E-state index contributed by atoms with van der Waals surface area (Å²) < 4.78 is 11.6. The van der Waals surface area contributed by atoms with E-state index in [9.17, 15) is 4.79 Å². The maximum atomic E-state index is 11.8. The lowest BCUT2D eigenvalue weighted by molar-refractivity contribution is 0.0593. The number of carbonyl (C=O) groups is 1. The molecule has 4 nitrogen and oxygen atoms in total. The minimum Gasteiger partial charge on any atom is -0.490 e. The first-order valence-corrected chi connectivity index (χ1v) is 7.63. The minimum absolute atomic E-state index is 0.00477. The van der Waals surface area contributed by atoms with Crippen molar-refractivity contribution >= 4 is 32.8 Å². The standard InChI is InChI=1S/C16H18BrNO3/c1-5-10-6-11(17)7-12-14(21-9(2)3)8-13(16(19)20-4)18-15(10)12/h6-9H,5H2,1-4H3. The molecule has 1 aromatic heterocycles. The van der Waals surface area contributed by atoms with E-state index in [0.717, 1.165) is 27.4 Å². The van der Waals surface area contributed by atoms with Crippen molar-refractivity contribution in [3.8, 4) is 5.75 Å². The van der Waals surface area contributed by atoms with Gasteiger partial charge in [-0.3, -0.25) is 0 Å². The molecule has 2 aromatic rings. The van der Waals surface area contributed by atoms with Crippen LogP contribution in [0.4, 0.5) is 0 Å². The van der Waals surface area contributed by atoms with Crippen LogP contribution < -0.4 is 4.74 Å². The zero-order valence-electron chi connectivity index (χ0n) is 12.6. The van der Waals surface area contributed by atoms with Crippen LogP contribution in [0.2, 0.25) is 0 Å². The summed E-state index contributed by atoms with van der Waals surface area (Å²) in [4.78, 5) is 16.3. The van der Waals surface area contributed by atoms with Gasteiger partial charge in [0.2, 0.25) is 0 Å². The van der Waals surface area contributed by atoms with Gasteiger partial charge in [-0.25, -0.2) is 9.78 Å². The molecule has 0 bridgehead atoms. The molecule has 0 saturated carbocycles. The Kier molecular flexibility index (Phi) is 4.83. The highest BCUT2D eigenvalue weighted by Gasteiger charge is 2.16. The fraction of sp³-hybridized carbons (Fsp3) is 0.375. The molecule has 21 heavy (non-hydrogen) atoms. The Morgan fingerprint density at radius 3 is 2.62 bits per heavy atom. The Bertz CT molecular complexity index is 683. The smallest absolute Gasteiger partial charge is 0.356 e. The lowest BCUT2D eigenvalue weighted by Crippen LogP contribution is -2.10. The molecule has 1 aromatic carbocycles. The molecule has 0 unspecified atom stereocenters. The molecule has 2 rings (SSSR count). The molecular formula is C16H18BrNO3.